The van der Waals surface area contributed by atoms with E-state index in [1.54, 1.807) is 0 Å². The number of hydrogen-bond donors (Lipinski definition) is 1. The van der Waals surface area contributed by atoms with Gasteiger partial charge in [0.2, 0.25) is 0 Å². The third-order valence-corrected chi connectivity index (χ3v) is 2.95. The van der Waals surface area contributed by atoms with Crippen LogP contribution in [0, 0.1) is 0 Å². The molecule has 0 aliphatic rings. The lowest BCUT2D eigenvalue weighted by Crippen LogP contribution is -2.31. The number of rotatable bonds is 7. The number of esters is 1. The van der Waals surface area contributed by atoms with Gasteiger partial charge in [0, 0.05) is 12.6 Å². The molecule has 0 saturated heterocycles. The monoisotopic (exact) mass is 277 g/mol. The van der Waals surface area contributed by atoms with Gasteiger partial charge in [-0.05, 0) is 46.1 Å². The molecule has 1 aromatic carbocycles. The SMILES string of the molecule is CC(CCc1ccccc1)NCCC(=O)OC(C)(C)C. The summed E-state index contributed by atoms with van der Waals surface area (Å²) in [7, 11) is 0. The van der Waals surface area contributed by atoms with Gasteiger partial charge in [-0.1, -0.05) is 30.3 Å². The minimum Gasteiger partial charge on any atom is -0.460 e. The van der Waals surface area contributed by atoms with Gasteiger partial charge in [0.05, 0.1) is 6.42 Å². The van der Waals surface area contributed by atoms with Gasteiger partial charge < -0.3 is 10.1 Å². The lowest BCUT2D eigenvalue weighted by molar-refractivity contribution is -0.154. The average Bonchev–Trinajstić information content (AvgIpc) is 2.35. The third kappa shape index (κ3) is 7.95. The lowest BCUT2D eigenvalue weighted by Gasteiger charge is -2.20. The topological polar surface area (TPSA) is 38.3 Å². The molecule has 0 amide bonds. The Balaban J connectivity index is 2.14. The van der Waals surface area contributed by atoms with E-state index in [2.05, 4.69) is 36.5 Å². The maximum absolute atomic E-state index is 11.6. The number of nitrogens with one attached hydrogen (secondary N) is 1. The molecule has 1 atom stereocenters. The molecule has 0 heterocycles. The molecular formula is C17H27NO2. The molecule has 20 heavy (non-hydrogen) atoms. The number of ether oxygens (including phenoxy) is 1. The van der Waals surface area contributed by atoms with E-state index < -0.39 is 5.60 Å². The van der Waals surface area contributed by atoms with Gasteiger partial charge in [-0.2, -0.15) is 0 Å². The molecule has 1 rings (SSSR count). The van der Waals surface area contributed by atoms with E-state index in [4.69, 9.17) is 4.74 Å². The third-order valence-electron chi connectivity index (χ3n) is 2.95. The summed E-state index contributed by atoms with van der Waals surface area (Å²) in [6.45, 7) is 8.49. The molecular weight excluding hydrogens is 250 g/mol. The number of carbonyl (C=O) groups is 1. The summed E-state index contributed by atoms with van der Waals surface area (Å²) in [5, 5.41) is 3.37. The van der Waals surface area contributed by atoms with Crippen LogP contribution in [0.5, 0.6) is 0 Å². The Labute approximate surface area is 122 Å². The van der Waals surface area contributed by atoms with Gasteiger partial charge in [-0.25, -0.2) is 0 Å². The van der Waals surface area contributed by atoms with Crippen molar-refractivity contribution in [1.82, 2.24) is 5.32 Å². The first-order chi connectivity index (χ1) is 9.37. The Morgan fingerprint density at radius 1 is 1.25 bits per heavy atom. The van der Waals surface area contributed by atoms with E-state index in [9.17, 15) is 4.79 Å². The summed E-state index contributed by atoms with van der Waals surface area (Å²) in [6, 6.07) is 10.9. The van der Waals surface area contributed by atoms with Crippen LogP contribution in [-0.2, 0) is 16.0 Å². The Bertz CT molecular complexity index is 395. The molecule has 0 radical (unpaired) electrons. The van der Waals surface area contributed by atoms with Gasteiger partial charge in [-0.3, -0.25) is 4.79 Å². The normalized spacial score (nSPS) is 13.0. The van der Waals surface area contributed by atoms with Crippen molar-refractivity contribution in [3.8, 4) is 0 Å². The first kappa shape index (κ1) is 16.7. The van der Waals surface area contributed by atoms with Crippen molar-refractivity contribution in [2.45, 2.75) is 58.6 Å². The van der Waals surface area contributed by atoms with Crippen LogP contribution in [0.1, 0.15) is 46.1 Å². The van der Waals surface area contributed by atoms with E-state index in [1.165, 1.54) is 5.56 Å². The van der Waals surface area contributed by atoms with Gasteiger partial charge >= 0.3 is 5.97 Å². The molecule has 112 valence electrons. The summed E-state index contributed by atoms with van der Waals surface area (Å²) in [5.74, 6) is -0.139. The first-order valence-corrected chi connectivity index (χ1v) is 7.36. The van der Waals surface area contributed by atoms with Crippen molar-refractivity contribution in [2.75, 3.05) is 6.54 Å². The van der Waals surface area contributed by atoms with Gasteiger partial charge in [0.1, 0.15) is 5.60 Å². The number of benzene rings is 1. The second kappa shape index (κ2) is 8.05. The smallest absolute Gasteiger partial charge is 0.307 e. The largest absolute Gasteiger partial charge is 0.460 e. The molecule has 0 aliphatic carbocycles. The standard InChI is InChI=1S/C17H27NO2/c1-14(10-11-15-8-6-5-7-9-15)18-13-12-16(19)20-17(2,3)4/h5-9,14,18H,10-13H2,1-4H3. The van der Waals surface area contributed by atoms with E-state index in [1.807, 2.05) is 26.8 Å². The molecule has 0 bridgehead atoms. The van der Waals surface area contributed by atoms with Crippen LogP contribution in [0.25, 0.3) is 0 Å². The molecule has 1 N–H and O–H groups in total. The maximum Gasteiger partial charge on any atom is 0.307 e. The van der Waals surface area contributed by atoms with Crippen LogP contribution in [-0.4, -0.2) is 24.2 Å². The first-order valence-electron chi connectivity index (χ1n) is 7.36. The van der Waals surface area contributed by atoms with Crippen molar-refractivity contribution >= 4 is 5.97 Å². The lowest BCUT2D eigenvalue weighted by atomic mass is 10.1. The van der Waals surface area contributed by atoms with Crippen molar-refractivity contribution in [1.29, 1.82) is 0 Å². The Hall–Kier alpha value is -1.35. The van der Waals surface area contributed by atoms with Crippen LogP contribution in [0.4, 0.5) is 0 Å². The van der Waals surface area contributed by atoms with Crippen molar-refractivity contribution in [3.63, 3.8) is 0 Å². The quantitative estimate of drug-likeness (QED) is 0.777. The molecule has 3 nitrogen and oxygen atoms in total. The number of hydrogen-bond acceptors (Lipinski definition) is 3. The average molecular weight is 277 g/mol. The molecule has 3 heteroatoms. The molecule has 0 fully saturated rings. The zero-order valence-electron chi connectivity index (χ0n) is 13.1. The Morgan fingerprint density at radius 3 is 2.50 bits per heavy atom. The van der Waals surface area contributed by atoms with Gasteiger partial charge in [-0.15, -0.1) is 0 Å². The van der Waals surface area contributed by atoms with E-state index in [-0.39, 0.29) is 5.97 Å². The molecule has 0 aromatic heterocycles. The Morgan fingerprint density at radius 2 is 1.90 bits per heavy atom. The zero-order chi connectivity index (χ0) is 15.0. The number of carbonyl (C=O) groups excluding carboxylic acids is 1. The highest BCUT2D eigenvalue weighted by molar-refractivity contribution is 5.70. The molecule has 0 aliphatic heterocycles. The van der Waals surface area contributed by atoms with Crippen LogP contribution in [0.2, 0.25) is 0 Å². The van der Waals surface area contributed by atoms with E-state index in [0.29, 0.717) is 19.0 Å². The predicted molar refractivity (Wildman–Crippen MR) is 82.7 cm³/mol. The maximum atomic E-state index is 11.6. The van der Waals surface area contributed by atoms with Gasteiger partial charge in [0.15, 0.2) is 0 Å². The fraction of sp³-hybridized carbons (Fsp3) is 0.588. The van der Waals surface area contributed by atoms with Crippen LogP contribution >= 0.6 is 0 Å². The highest BCUT2D eigenvalue weighted by atomic mass is 16.6. The fourth-order valence-electron chi connectivity index (χ4n) is 1.94. The highest BCUT2D eigenvalue weighted by Crippen LogP contribution is 2.08. The van der Waals surface area contributed by atoms with E-state index >= 15 is 0 Å². The minimum absolute atomic E-state index is 0.139. The van der Waals surface area contributed by atoms with Crippen LogP contribution in [0.3, 0.4) is 0 Å². The molecule has 0 spiro atoms. The Kier molecular flexibility index (Phi) is 6.73. The van der Waals surface area contributed by atoms with Crippen LogP contribution < -0.4 is 5.32 Å². The summed E-state index contributed by atoms with van der Waals surface area (Å²) >= 11 is 0. The second-order valence-electron chi connectivity index (χ2n) is 6.22. The zero-order valence-corrected chi connectivity index (χ0v) is 13.1. The summed E-state index contributed by atoms with van der Waals surface area (Å²) in [5.41, 5.74) is 0.962. The van der Waals surface area contributed by atoms with Crippen molar-refractivity contribution < 1.29 is 9.53 Å². The summed E-state index contributed by atoms with van der Waals surface area (Å²) in [4.78, 5) is 11.6. The van der Waals surface area contributed by atoms with Crippen molar-refractivity contribution in [3.05, 3.63) is 35.9 Å². The predicted octanol–water partition coefficient (Wildman–Crippen LogP) is 3.33. The summed E-state index contributed by atoms with van der Waals surface area (Å²) < 4.78 is 5.27. The molecule has 1 unspecified atom stereocenters. The van der Waals surface area contributed by atoms with Crippen molar-refractivity contribution in [2.24, 2.45) is 0 Å². The number of aryl methyl sites for hydroxylation is 1. The molecule has 1 aromatic rings. The fourth-order valence-corrected chi connectivity index (χ4v) is 1.94. The second-order valence-corrected chi connectivity index (χ2v) is 6.22. The van der Waals surface area contributed by atoms with Crippen LogP contribution in [0.15, 0.2) is 30.3 Å². The van der Waals surface area contributed by atoms with Gasteiger partial charge in [0.25, 0.3) is 0 Å². The highest BCUT2D eigenvalue weighted by Gasteiger charge is 2.15. The van der Waals surface area contributed by atoms with E-state index in [0.717, 1.165) is 12.8 Å². The summed E-state index contributed by atoms with van der Waals surface area (Å²) in [6.07, 6.45) is 2.55. The molecule has 0 saturated carbocycles. The minimum atomic E-state index is -0.393.